The molecule has 0 spiro atoms. The van der Waals surface area contributed by atoms with Crippen molar-refractivity contribution in [3.05, 3.63) is 11.6 Å². The van der Waals surface area contributed by atoms with E-state index >= 15 is 0 Å². The van der Waals surface area contributed by atoms with Gasteiger partial charge in [-0.25, -0.2) is 4.98 Å². The molecule has 104 valence electrons. The summed E-state index contributed by atoms with van der Waals surface area (Å²) in [5.41, 5.74) is -0.0156. The van der Waals surface area contributed by atoms with Crippen molar-refractivity contribution in [3.63, 3.8) is 0 Å². The van der Waals surface area contributed by atoms with Crippen molar-refractivity contribution in [2.24, 2.45) is 7.05 Å². The smallest absolute Gasteiger partial charge is 0.198 e. The summed E-state index contributed by atoms with van der Waals surface area (Å²) in [4.78, 5) is 4.56. The molecule has 19 heavy (non-hydrogen) atoms. The fourth-order valence-corrected chi connectivity index (χ4v) is 3.24. The summed E-state index contributed by atoms with van der Waals surface area (Å²) >= 11 is 2.94. The first-order valence-electron chi connectivity index (χ1n) is 6.20. The number of hydrogen-bond acceptors (Lipinski definition) is 6. The molecule has 0 aliphatic rings. The number of rotatable bonds is 3. The minimum Gasteiger partial charge on any atom is -0.309 e. The van der Waals surface area contributed by atoms with Crippen molar-refractivity contribution >= 4 is 23.3 Å². The van der Waals surface area contributed by atoms with E-state index in [9.17, 15) is 0 Å². The van der Waals surface area contributed by atoms with E-state index in [1.807, 2.05) is 11.6 Å². The van der Waals surface area contributed by atoms with Crippen molar-refractivity contribution in [3.8, 4) is 0 Å². The summed E-state index contributed by atoms with van der Waals surface area (Å²) in [5, 5.41) is 9.30. The molecule has 2 aromatic rings. The molecule has 0 unspecified atom stereocenters. The van der Waals surface area contributed by atoms with E-state index in [1.54, 1.807) is 0 Å². The lowest BCUT2D eigenvalue weighted by molar-refractivity contribution is 0.551. The monoisotopic (exact) mass is 297 g/mol. The molecule has 0 saturated heterocycles. The second-order valence-electron chi connectivity index (χ2n) is 5.79. The van der Waals surface area contributed by atoms with Crippen LogP contribution >= 0.6 is 23.3 Å². The van der Waals surface area contributed by atoms with Crippen LogP contribution < -0.4 is 0 Å². The Morgan fingerprint density at radius 2 is 1.89 bits per heavy atom. The van der Waals surface area contributed by atoms with Crippen LogP contribution in [0.5, 0.6) is 0 Å². The highest BCUT2D eigenvalue weighted by Crippen LogP contribution is 2.31. The van der Waals surface area contributed by atoms with Crippen LogP contribution in [0.4, 0.5) is 0 Å². The summed E-state index contributed by atoms with van der Waals surface area (Å²) in [5.74, 6) is 2.24. The van der Waals surface area contributed by atoms with Crippen molar-refractivity contribution in [1.82, 2.24) is 24.1 Å². The zero-order valence-electron chi connectivity index (χ0n) is 12.1. The summed E-state index contributed by atoms with van der Waals surface area (Å²) in [7, 11) is 1.99. The van der Waals surface area contributed by atoms with E-state index in [0.29, 0.717) is 5.92 Å². The standard InChI is InChI=1S/C12H19N5S2/c1-7(2)8-14-15-10(17(8)6)18-11-13-9(16-19-11)12(3,4)5/h7H,1-6H3. The highest BCUT2D eigenvalue weighted by Gasteiger charge is 2.21. The van der Waals surface area contributed by atoms with Crippen LogP contribution in [0, 0.1) is 0 Å². The van der Waals surface area contributed by atoms with Crippen LogP contribution in [-0.2, 0) is 12.5 Å². The van der Waals surface area contributed by atoms with Crippen LogP contribution in [-0.4, -0.2) is 24.1 Å². The van der Waals surface area contributed by atoms with Gasteiger partial charge in [-0.05, 0) is 23.3 Å². The Morgan fingerprint density at radius 3 is 2.37 bits per heavy atom. The Morgan fingerprint density at radius 1 is 1.21 bits per heavy atom. The molecule has 0 N–H and O–H groups in total. The maximum atomic E-state index is 4.56. The lowest BCUT2D eigenvalue weighted by atomic mass is 9.96. The molecule has 0 atom stereocenters. The summed E-state index contributed by atoms with van der Waals surface area (Å²) in [6, 6.07) is 0. The molecule has 2 rings (SSSR count). The lowest BCUT2D eigenvalue weighted by Crippen LogP contribution is -2.12. The lowest BCUT2D eigenvalue weighted by Gasteiger charge is -2.12. The fraction of sp³-hybridized carbons (Fsp3) is 0.667. The largest absolute Gasteiger partial charge is 0.309 e. The molecular formula is C12H19N5S2. The van der Waals surface area contributed by atoms with E-state index < -0.39 is 0 Å². The Kier molecular flexibility index (Phi) is 3.96. The molecule has 0 aliphatic carbocycles. The quantitative estimate of drug-likeness (QED) is 0.870. The second-order valence-corrected chi connectivity index (χ2v) is 7.76. The molecule has 0 radical (unpaired) electrons. The first-order valence-corrected chi connectivity index (χ1v) is 7.79. The highest BCUT2D eigenvalue weighted by molar-refractivity contribution is 8.00. The van der Waals surface area contributed by atoms with Gasteiger partial charge < -0.3 is 4.57 Å². The third-order valence-corrected chi connectivity index (χ3v) is 4.43. The average Bonchev–Trinajstić information content (AvgIpc) is 2.87. The first-order chi connectivity index (χ1) is 8.79. The molecule has 0 bridgehead atoms. The van der Waals surface area contributed by atoms with Crippen LogP contribution in [0.15, 0.2) is 9.50 Å². The van der Waals surface area contributed by atoms with Crippen LogP contribution in [0.2, 0.25) is 0 Å². The van der Waals surface area contributed by atoms with E-state index in [4.69, 9.17) is 0 Å². The van der Waals surface area contributed by atoms with Gasteiger partial charge in [0.2, 0.25) is 0 Å². The van der Waals surface area contributed by atoms with Crippen LogP contribution in [0.1, 0.15) is 52.2 Å². The van der Waals surface area contributed by atoms with Gasteiger partial charge in [-0.1, -0.05) is 34.6 Å². The van der Waals surface area contributed by atoms with E-state index in [-0.39, 0.29) is 5.41 Å². The van der Waals surface area contributed by atoms with Crippen molar-refractivity contribution in [2.45, 2.75) is 55.4 Å². The van der Waals surface area contributed by atoms with Crippen molar-refractivity contribution in [1.29, 1.82) is 0 Å². The topological polar surface area (TPSA) is 56.5 Å². The Bertz CT molecular complexity index is 565. The third kappa shape index (κ3) is 3.14. The zero-order valence-corrected chi connectivity index (χ0v) is 13.8. The molecule has 0 amide bonds. The number of nitrogens with zero attached hydrogens (tertiary/aromatic N) is 5. The Balaban J connectivity index is 2.20. The number of hydrogen-bond donors (Lipinski definition) is 0. The van der Waals surface area contributed by atoms with E-state index in [0.717, 1.165) is 21.1 Å². The minimum absolute atomic E-state index is 0.0156. The highest BCUT2D eigenvalue weighted by atomic mass is 32.2. The van der Waals surface area contributed by atoms with Crippen molar-refractivity contribution in [2.75, 3.05) is 0 Å². The normalized spacial score (nSPS) is 12.4. The van der Waals surface area contributed by atoms with Crippen LogP contribution in [0.3, 0.4) is 0 Å². The molecule has 2 heterocycles. The molecule has 2 aromatic heterocycles. The van der Waals surface area contributed by atoms with Crippen LogP contribution in [0.25, 0.3) is 0 Å². The molecule has 0 aliphatic heterocycles. The second kappa shape index (κ2) is 5.20. The van der Waals surface area contributed by atoms with Gasteiger partial charge in [-0.15, -0.1) is 10.2 Å². The SMILES string of the molecule is CC(C)c1nnc(Sc2nc(C(C)(C)C)ns2)n1C. The van der Waals surface area contributed by atoms with Gasteiger partial charge in [-0.2, -0.15) is 4.37 Å². The maximum absolute atomic E-state index is 4.56. The molecule has 0 aromatic carbocycles. The van der Waals surface area contributed by atoms with Gasteiger partial charge in [0.25, 0.3) is 0 Å². The van der Waals surface area contributed by atoms with E-state index in [1.165, 1.54) is 23.3 Å². The summed E-state index contributed by atoms with van der Waals surface area (Å²) in [6.07, 6.45) is 0. The maximum Gasteiger partial charge on any atom is 0.198 e. The summed E-state index contributed by atoms with van der Waals surface area (Å²) < 4.78 is 7.34. The average molecular weight is 297 g/mol. The predicted molar refractivity (Wildman–Crippen MR) is 77.8 cm³/mol. The van der Waals surface area contributed by atoms with Gasteiger partial charge in [0, 0.05) is 18.4 Å². The van der Waals surface area contributed by atoms with Gasteiger partial charge in [0.05, 0.1) is 0 Å². The Hall–Kier alpha value is -0.950. The fourth-order valence-electron chi connectivity index (χ4n) is 1.55. The predicted octanol–water partition coefficient (Wildman–Crippen LogP) is 3.24. The van der Waals surface area contributed by atoms with Gasteiger partial charge in [0.1, 0.15) is 11.6 Å². The molecule has 7 heteroatoms. The summed E-state index contributed by atoms with van der Waals surface area (Å²) in [6.45, 7) is 10.6. The molecular weight excluding hydrogens is 278 g/mol. The van der Waals surface area contributed by atoms with Gasteiger partial charge in [-0.3, -0.25) is 0 Å². The zero-order chi connectivity index (χ0) is 14.2. The van der Waals surface area contributed by atoms with Crippen molar-refractivity contribution < 1.29 is 0 Å². The van der Waals surface area contributed by atoms with Gasteiger partial charge >= 0.3 is 0 Å². The van der Waals surface area contributed by atoms with E-state index in [2.05, 4.69) is 54.2 Å². The molecule has 0 fully saturated rings. The Labute approximate surface area is 122 Å². The van der Waals surface area contributed by atoms with Gasteiger partial charge in [0.15, 0.2) is 9.50 Å². The molecule has 0 saturated carbocycles. The third-order valence-electron chi connectivity index (χ3n) is 2.64. The minimum atomic E-state index is -0.0156. The number of aromatic nitrogens is 5. The molecule has 5 nitrogen and oxygen atoms in total. The first kappa shape index (κ1) is 14.5.